The molecule has 5 rings (SSSR count). The molecule has 0 spiro atoms. The quantitative estimate of drug-likeness (QED) is 0.277. The molecule has 3 heterocycles. The summed E-state index contributed by atoms with van der Waals surface area (Å²) in [6.45, 7) is 9.19. The smallest absolute Gasteiger partial charge is 0.320 e. The normalized spacial score (nSPS) is 18.3. The summed E-state index contributed by atoms with van der Waals surface area (Å²) in [5.74, 6) is -0.657. The summed E-state index contributed by atoms with van der Waals surface area (Å²) < 4.78 is 41.2. The molecule has 2 aliphatic heterocycles. The predicted molar refractivity (Wildman–Crippen MR) is 178 cm³/mol. The van der Waals surface area contributed by atoms with Gasteiger partial charge in [-0.05, 0) is 36.8 Å². The molecular weight excluding hydrogens is 651 g/mol. The Kier molecular flexibility index (Phi) is 15.8. The van der Waals surface area contributed by atoms with E-state index < -0.39 is 17.7 Å². The number of carbonyl (C=O) groups excluding carboxylic acids is 1. The van der Waals surface area contributed by atoms with Gasteiger partial charge in [0.2, 0.25) is 5.88 Å². The number of aromatic nitrogens is 2. The van der Waals surface area contributed by atoms with Crippen LogP contribution in [0.25, 0.3) is 5.69 Å². The van der Waals surface area contributed by atoms with Gasteiger partial charge in [-0.15, -0.1) is 42.3 Å². The molecule has 2 aliphatic rings. The van der Waals surface area contributed by atoms with Crippen molar-refractivity contribution < 1.29 is 23.0 Å². The number of hydrogen-bond donors (Lipinski definition) is 3. The molecule has 0 unspecified atom stereocenters. The first-order valence-corrected chi connectivity index (χ1v) is 14.4. The van der Waals surface area contributed by atoms with Crippen LogP contribution in [0.2, 0.25) is 0 Å². The van der Waals surface area contributed by atoms with Gasteiger partial charge in [0.1, 0.15) is 24.1 Å². The number of rotatable bonds is 11. The number of anilines is 1. The molecule has 2 atom stereocenters. The molecule has 1 aromatic heterocycles. The fourth-order valence-electron chi connectivity index (χ4n) is 5.60. The van der Waals surface area contributed by atoms with Crippen molar-refractivity contribution in [1.82, 2.24) is 30.2 Å². The number of urea groups is 1. The monoisotopic (exact) mass is 691 g/mol. The maximum Gasteiger partial charge on any atom is 0.320 e. The fourth-order valence-corrected chi connectivity index (χ4v) is 5.60. The van der Waals surface area contributed by atoms with Crippen LogP contribution in [0.4, 0.5) is 19.4 Å². The van der Waals surface area contributed by atoms with Crippen LogP contribution in [-0.4, -0.2) is 104 Å². The molecule has 10 nitrogen and oxygen atoms in total. The van der Waals surface area contributed by atoms with E-state index in [1.807, 2.05) is 37.3 Å². The van der Waals surface area contributed by atoms with Gasteiger partial charge in [0, 0.05) is 71.5 Å². The summed E-state index contributed by atoms with van der Waals surface area (Å²) in [5, 5.41) is 14.1. The van der Waals surface area contributed by atoms with Crippen molar-refractivity contribution in [2.45, 2.75) is 18.9 Å². The van der Waals surface area contributed by atoms with E-state index in [-0.39, 0.29) is 49.2 Å². The van der Waals surface area contributed by atoms with Gasteiger partial charge in [-0.3, -0.25) is 15.1 Å². The zero-order valence-electron chi connectivity index (χ0n) is 25.3. The first kappa shape index (κ1) is 38.5. The standard InChI is InChI=1S/C30H39F2N7O3.3ClH/c1-21-28(39(25-6-4-3-5-7-25)36-29(21)42-15-13-37-10-8-33-9-11-37)35-30(40)34-27-20-38(12-14-41-2)19-26(27)22-16-23(31)18-24(32)17-22;;;/h3-7,16-18,26-27,33H,8-15,19-20H2,1-2H3,(H2,34,35,40);3*1H/t26-,27+;;;/m0.../s1. The second-order valence-electron chi connectivity index (χ2n) is 10.7. The maximum atomic E-state index is 14.1. The molecule has 0 saturated carbocycles. The number of nitrogens with zero attached hydrogens (tertiary/aromatic N) is 4. The van der Waals surface area contributed by atoms with E-state index in [4.69, 9.17) is 14.6 Å². The number of para-hydroxylation sites is 1. The number of carbonyl (C=O) groups is 1. The van der Waals surface area contributed by atoms with Crippen LogP contribution >= 0.6 is 37.2 Å². The van der Waals surface area contributed by atoms with Crippen LogP contribution in [-0.2, 0) is 4.74 Å². The van der Waals surface area contributed by atoms with E-state index in [2.05, 4.69) is 25.8 Å². The first-order valence-electron chi connectivity index (χ1n) is 14.4. The highest BCUT2D eigenvalue weighted by Crippen LogP contribution is 2.31. The zero-order chi connectivity index (χ0) is 29.5. The number of likely N-dealkylation sites (tertiary alicyclic amines) is 1. The molecule has 0 bridgehead atoms. The van der Waals surface area contributed by atoms with E-state index in [1.54, 1.807) is 11.8 Å². The molecule has 0 aliphatic carbocycles. The summed E-state index contributed by atoms with van der Waals surface area (Å²) in [6, 6.07) is 12.2. The van der Waals surface area contributed by atoms with Gasteiger partial charge in [-0.25, -0.2) is 18.3 Å². The van der Waals surface area contributed by atoms with E-state index in [9.17, 15) is 13.6 Å². The van der Waals surface area contributed by atoms with Crippen molar-refractivity contribution in [3.8, 4) is 11.6 Å². The third-order valence-corrected chi connectivity index (χ3v) is 7.80. The maximum absolute atomic E-state index is 14.1. The lowest BCUT2D eigenvalue weighted by molar-refractivity contribution is 0.159. The van der Waals surface area contributed by atoms with E-state index in [1.165, 1.54) is 12.1 Å². The van der Waals surface area contributed by atoms with Crippen molar-refractivity contribution >= 4 is 49.1 Å². The fraction of sp³-hybridized carbons (Fsp3) is 0.467. The predicted octanol–water partition coefficient (Wildman–Crippen LogP) is 4.24. The summed E-state index contributed by atoms with van der Waals surface area (Å²) >= 11 is 0. The van der Waals surface area contributed by atoms with Gasteiger partial charge in [0.05, 0.1) is 23.9 Å². The number of piperazine rings is 1. The second kappa shape index (κ2) is 18.4. The molecule has 2 amide bonds. The van der Waals surface area contributed by atoms with Crippen molar-refractivity contribution in [2.75, 3.05) is 78.0 Å². The van der Waals surface area contributed by atoms with Gasteiger partial charge in [-0.2, -0.15) is 0 Å². The van der Waals surface area contributed by atoms with Gasteiger partial charge in [0.15, 0.2) is 0 Å². The number of ether oxygens (including phenoxy) is 2. The SMILES string of the molecule is COCCN1C[C@@H](NC(=O)Nc2c(C)c(OCCN3CCNCC3)nn2-c2ccccc2)[C@H](c2cc(F)cc(F)c2)C1.Cl.Cl.Cl. The lowest BCUT2D eigenvalue weighted by Gasteiger charge is -2.26. The number of methoxy groups -OCH3 is 1. The Balaban J connectivity index is 0.00000235. The third-order valence-electron chi connectivity index (χ3n) is 7.80. The van der Waals surface area contributed by atoms with Crippen LogP contribution < -0.4 is 20.7 Å². The average Bonchev–Trinajstić information content (AvgIpc) is 3.52. The zero-order valence-corrected chi connectivity index (χ0v) is 27.8. The Hall–Kier alpha value is -2.71. The molecule has 3 aromatic rings. The lowest BCUT2D eigenvalue weighted by atomic mass is 9.94. The molecule has 15 heteroatoms. The van der Waals surface area contributed by atoms with Crippen molar-refractivity contribution in [2.24, 2.45) is 0 Å². The minimum atomic E-state index is -0.643. The Labute approximate surface area is 281 Å². The minimum absolute atomic E-state index is 0. The van der Waals surface area contributed by atoms with Crippen LogP contribution in [0.1, 0.15) is 17.0 Å². The Bertz CT molecular complexity index is 1330. The minimum Gasteiger partial charge on any atom is -0.475 e. The molecule has 2 aromatic carbocycles. The van der Waals surface area contributed by atoms with Gasteiger partial charge < -0.3 is 20.1 Å². The van der Waals surface area contributed by atoms with Crippen LogP contribution in [0.3, 0.4) is 0 Å². The molecule has 45 heavy (non-hydrogen) atoms. The van der Waals surface area contributed by atoms with Gasteiger partial charge in [-0.1, -0.05) is 18.2 Å². The summed E-state index contributed by atoms with van der Waals surface area (Å²) in [4.78, 5) is 17.9. The largest absolute Gasteiger partial charge is 0.475 e. The Morgan fingerprint density at radius 2 is 1.64 bits per heavy atom. The van der Waals surface area contributed by atoms with Crippen molar-refractivity contribution in [3.05, 3.63) is 71.3 Å². The number of hydrogen-bond acceptors (Lipinski definition) is 7. The highest BCUT2D eigenvalue weighted by Gasteiger charge is 2.35. The summed E-state index contributed by atoms with van der Waals surface area (Å²) in [6.07, 6.45) is 0. The van der Waals surface area contributed by atoms with Gasteiger partial charge in [0.25, 0.3) is 0 Å². The summed E-state index contributed by atoms with van der Waals surface area (Å²) in [5.41, 5.74) is 1.97. The molecule has 250 valence electrons. The van der Waals surface area contributed by atoms with E-state index in [0.717, 1.165) is 44.5 Å². The molecule has 2 saturated heterocycles. The number of nitrogens with one attached hydrogen (secondary N) is 3. The van der Waals surface area contributed by atoms with E-state index in [0.29, 0.717) is 55.7 Å². The topological polar surface area (TPSA) is 95.9 Å². The number of halogens is 5. The number of benzene rings is 2. The molecule has 2 fully saturated rings. The second-order valence-corrected chi connectivity index (χ2v) is 10.7. The lowest BCUT2D eigenvalue weighted by Crippen LogP contribution is -2.44. The first-order chi connectivity index (χ1) is 20.4. The third kappa shape index (κ3) is 10.1. The molecule has 0 radical (unpaired) electrons. The van der Waals surface area contributed by atoms with Crippen molar-refractivity contribution in [1.29, 1.82) is 0 Å². The van der Waals surface area contributed by atoms with E-state index >= 15 is 0 Å². The summed E-state index contributed by atoms with van der Waals surface area (Å²) in [7, 11) is 1.63. The van der Waals surface area contributed by atoms with Gasteiger partial charge >= 0.3 is 6.03 Å². The van der Waals surface area contributed by atoms with Crippen LogP contribution in [0.5, 0.6) is 5.88 Å². The average molecular weight is 693 g/mol. The van der Waals surface area contributed by atoms with Crippen LogP contribution in [0, 0.1) is 18.6 Å². The van der Waals surface area contributed by atoms with Crippen LogP contribution in [0.15, 0.2) is 48.5 Å². The Morgan fingerprint density at radius 1 is 0.978 bits per heavy atom. The highest BCUT2D eigenvalue weighted by molar-refractivity contribution is 5.90. The molecular formula is C30H42Cl3F2N7O3. The Morgan fingerprint density at radius 3 is 2.31 bits per heavy atom. The molecule has 3 N–H and O–H groups in total. The number of amides is 2. The highest BCUT2D eigenvalue weighted by atomic mass is 35.5. The van der Waals surface area contributed by atoms with Crippen molar-refractivity contribution in [3.63, 3.8) is 0 Å².